The van der Waals surface area contributed by atoms with Crippen molar-refractivity contribution in [2.75, 3.05) is 5.32 Å². The predicted molar refractivity (Wildman–Crippen MR) is 95.7 cm³/mol. The molecule has 0 heterocycles. The number of allylic oxidation sites excluding steroid dienone is 2. The number of carbonyl (C=O) groups is 2. The first-order chi connectivity index (χ1) is 11.4. The Hall–Kier alpha value is -2.10. The monoisotopic (exact) mass is 329 g/mol. The molecule has 0 saturated carbocycles. The van der Waals surface area contributed by atoms with Gasteiger partial charge in [0.25, 0.3) is 0 Å². The molecule has 24 heavy (non-hydrogen) atoms. The zero-order chi connectivity index (χ0) is 17.7. The smallest absolute Gasteiger partial charge is 0.310 e. The highest BCUT2D eigenvalue weighted by Crippen LogP contribution is 2.29. The summed E-state index contributed by atoms with van der Waals surface area (Å²) >= 11 is 0. The molecule has 0 radical (unpaired) electrons. The van der Waals surface area contributed by atoms with E-state index in [1.54, 1.807) is 0 Å². The van der Waals surface area contributed by atoms with Crippen molar-refractivity contribution in [1.82, 2.24) is 0 Å². The van der Waals surface area contributed by atoms with Gasteiger partial charge in [0.1, 0.15) is 0 Å². The lowest BCUT2D eigenvalue weighted by Gasteiger charge is -2.27. The van der Waals surface area contributed by atoms with Crippen LogP contribution in [-0.2, 0) is 14.3 Å². The summed E-state index contributed by atoms with van der Waals surface area (Å²) in [6.45, 7) is 7.84. The van der Waals surface area contributed by atoms with Crippen LogP contribution in [0.15, 0.2) is 30.4 Å². The second kappa shape index (κ2) is 8.13. The van der Waals surface area contributed by atoms with Crippen LogP contribution in [0.1, 0.15) is 44.2 Å². The first-order valence-corrected chi connectivity index (χ1v) is 8.66. The molecule has 3 atom stereocenters. The zero-order valence-electron chi connectivity index (χ0n) is 15.0. The fourth-order valence-corrected chi connectivity index (χ4v) is 2.91. The first kappa shape index (κ1) is 18.2. The van der Waals surface area contributed by atoms with Crippen molar-refractivity contribution in [3.63, 3.8) is 0 Å². The van der Waals surface area contributed by atoms with Gasteiger partial charge in [-0.1, -0.05) is 36.8 Å². The average molecular weight is 329 g/mol. The first-order valence-electron chi connectivity index (χ1n) is 8.66. The lowest BCUT2D eigenvalue weighted by molar-refractivity contribution is -0.157. The number of benzene rings is 1. The largest absolute Gasteiger partial charge is 0.462 e. The topological polar surface area (TPSA) is 55.4 Å². The summed E-state index contributed by atoms with van der Waals surface area (Å²) in [6.07, 6.45) is 5.71. The van der Waals surface area contributed by atoms with Crippen LogP contribution in [0.4, 0.5) is 5.69 Å². The van der Waals surface area contributed by atoms with Crippen LogP contribution in [0.2, 0.25) is 0 Å². The number of carbonyl (C=O) groups excluding carboxylic acids is 2. The minimum absolute atomic E-state index is 0.114. The van der Waals surface area contributed by atoms with Crippen molar-refractivity contribution in [3.8, 4) is 0 Å². The van der Waals surface area contributed by atoms with Crippen LogP contribution < -0.4 is 5.32 Å². The summed E-state index contributed by atoms with van der Waals surface area (Å²) in [7, 11) is 0. The third kappa shape index (κ3) is 4.47. The highest BCUT2D eigenvalue weighted by molar-refractivity contribution is 5.96. The Morgan fingerprint density at radius 2 is 1.88 bits per heavy atom. The molecule has 130 valence electrons. The van der Waals surface area contributed by atoms with E-state index in [-0.39, 0.29) is 23.9 Å². The van der Waals surface area contributed by atoms with Crippen LogP contribution >= 0.6 is 0 Å². The number of hydrogen-bond acceptors (Lipinski definition) is 3. The van der Waals surface area contributed by atoms with Gasteiger partial charge in [0.05, 0.1) is 17.9 Å². The molecule has 0 aromatic heterocycles. The lowest BCUT2D eigenvalue weighted by Crippen LogP contribution is -2.36. The molecule has 1 amide bonds. The second-order valence-electron chi connectivity index (χ2n) is 6.62. The van der Waals surface area contributed by atoms with E-state index < -0.39 is 5.92 Å². The summed E-state index contributed by atoms with van der Waals surface area (Å²) in [5.41, 5.74) is 2.98. The molecule has 0 unspecified atom stereocenters. The molecule has 0 bridgehead atoms. The van der Waals surface area contributed by atoms with Gasteiger partial charge in [0.2, 0.25) is 5.91 Å². The van der Waals surface area contributed by atoms with E-state index in [4.69, 9.17) is 4.74 Å². The van der Waals surface area contributed by atoms with Crippen LogP contribution in [0.25, 0.3) is 0 Å². The van der Waals surface area contributed by atoms with Gasteiger partial charge in [0.15, 0.2) is 0 Å². The number of anilines is 1. The van der Waals surface area contributed by atoms with Gasteiger partial charge in [0, 0.05) is 5.69 Å². The third-order valence-corrected chi connectivity index (χ3v) is 4.60. The van der Waals surface area contributed by atoms with E-state index in [0.717, 1.165) is 23.2 Å². The molecular weight excluding hydrogens is 302 g/mol. The highest BCUT2D eigenvalue weighted by atomic mass is 16.5. The number of esters is 1. The molecule has 4 heteroatoms. The number of ether oxygens (including phenoxy) is 1. The van der Waals surface area contributed by atoms with Gasteiger partial charge in [-0.2, -0.15) is 0 Å². The Kier molecular flexibility index (Phi) is 6.18. The van der Waals surface area contributed by atoms with Crippen LogP contribution in [-0.4, -0.2) is 18.0 Å². The molecule has 1 aromatic carbocycles. The van der Waals surface area contributed by atoms with E-state index in [1.165, 1.54) is 0 Å². The fourth-order valence-electron chi connectivity index (χ4n) is 2.91. The van der Waals surface area contributed by atoms with E-state index in [2.05, 4.69) is 5.32 Å². The summed E-state index contributed by atoms with van der Waals surface area (Å²) in [6, 6.07) is 5.91. The van der Waals surface area contributed by atoms with Crippen molar-refractivity contribution in [2.24, 2.45) is 11.8 Å². The lowest BCUT2D eigenvalue weighted by atomic mass is 9.82. The van der Waals surface area contributed by atoms with Crippen LogP contribution in [0.5, 0.6) is 0 Å². The Balaban J connectivity index is 2.10. The molecule has 0 fully saturated rings. The molecule has 1 aromatic rings. The minimum Gasteiger partial charge on any atom is -0.462 e. The molecule has 4 nitrogen and oxygen atoms in total. The maximum Gasteiger partial charge on any atom is 0.310 e. The molecule has 0 aliphatic heterocycles. The van der Waals surface area contributed by atoms with Crippen molar-refractivity contribution >= 4 is 17.6 Å². The van der Waals surface area contributed by atoms with E-state index in [9.17, 15) is 9.59 Å². The Morgan fingerprint density at radius 1 is 1.21 bits per heavy atom. The van der Waals surface area contributed by atoms with Crippen molar-refractivity contribution in [2.45, 2.75) is 53.1 Å². The van der Waals surface area contributed by atoms with Crippen LogP contribution in [0.3, 0.4) is 0 Å². The van der Waals surface area contributed by atoms with Gasteiger partial charge in [-0.3, -0.25) is 9.59 Å². The summed E-state index contributed by atoms with van der Waals surface area (Å²) < 4.78 is 5.46. The van der Waals surface area contributed by atoms with Gasteiger partial charge < -0.3 is 10.1 Å². The third-order valence-electron chi connectivity index (χ3n) is 4.60. The van der Waals surface area contributed by atoms with Gasteiger partial charge in [-0.15, -0.1) is 0 Å². The van der Waals surface area contributed by atoms with E-state index >= 15 is 0 Å². The fraction of sp³-hybridized carbons (Fsp3) is 0.500. The summed E-state index contributed by atoms with van der Waals surface area (Å²) in [5, 5.41) is 2.98. The number of hydrogen-bond donors (Lipinski definition) is 1. The Morgan fingerprint density at radius 3 is 2.50 bits per heavy atom. The number of aryl methyl sites for hydroxylation is 2. The minimum atomic E-state index is -0.408. The SMILES string of the molecule is CC[C@@H](C)OC(=O)[C@H]1CC=CC[C@@H]1C(=O)Nc1ccc(C)cc1C. The van der Waals surface area contributed by atoms with Crippen molar-refractivity contribution in [3.05, 3.63) is 41.5 Å². The number of rotatable bonds is 5. The van der Waals surface area contributed by atoms with Gasteiger partial charge >= 0.3 is 5.97 Å². The van der Waals surface area contributed by atoms with Crippen molar-refractivity contribution in [1.29, 1.82) is 0 Å². The molecule has 0 spiro atoms. The molecule has 1 N–H and O–H groups in total. The maximum atomic E-state index is 12.7. The second-order valence-corrected chi connectivity index (χ2v) is 6.62. The summed E-state index contributed by atoms with van der Waals surface area (Å²) in [4.78, 5) is 25.1. The molecule has 1 aliphatic carbocycles. The standard InChI is InChI=1S/C20H27NO3/c1-5-15(4)24-20(23)17-9-7-6-8-16(17)19(22)21-18-11-10-13(2)12-14(18)3/h6-7,10-12,15-17H,5,8-9H2,1-4H3,(H,21,22)/t15-,16+,17+/m1/s1. The summed E-state index contributed by atoms with van der Waals surface area (Å²) in [5.74, 6) is -1.17. The zero-order valence-corrected chi connectivity index (χ0v) is 15.0. The maximum absolute atomic E-state index is 12.7. The molecule has 0 saturated heterocycles. The number of nitrogens with one attached hydrogen (secondary N) is 1. The average Bonchev–Trinajstić information content (AvgIpc) is 2.57. The molecule has 2 rings (SSSR count). The Bertz CT molecular complexity index is 636. The van der Waals surface area contributed by atoms with E-state index in [1.807, 2.05) is 58.0 Å². The highest BCUT2D eigenvalue weighted by Gasteiger charge is 2.35. The van der Waals surface area contributed by atoms with Crippen molar-refractivity contribution < 1.29 is 14.3 Å². The Labute approximate surface area is 144 Å². The van der Waals surface area contributed by atoms with Gasteiger partial charge in [-0.05, 0) is 51.7 Å². The molecule has 1 aliphatic rings. The molecular formula is C20H27NO3. The van der Waals surface area contributed by atoms with Gasteiger partial charge in [-0.25, -0.2) is 0 Å². The quantitative estimate of drug-likeness (QED) is 0.652. The van der Waals surface area contributed by atoms with Crippen LogP contribution in [0, 0.1) is 25.7 Å². The van der Waals surface area contributed by atoms with E-state index in [0.29, 0.717) is 12.8 Å². The predicted octanol–water partition coefficient (Wildman–Crippen LogP) is 4.17. The number of amides is 1. The normalized spacial score (nSPS) is 21.2.